The molecule has 0 spiro atoms. The van der Waals surface area contributed by atoms with E-state index in [0.717, 1.165) is 61.9 Å². The Labute approximate surface area is 208 Å². The number of likely N-dealkylation sites (tertiary alicyclic amines) is 1. The van der Waals surface area contributed by atoms with Crippen molar-refractivity contribution in [3.05, 3.63) is 65.2 Å². The summed E-state index contributed by atoms with van der Waals surface area (Å²) in [4.78, 5) is 30.2. The third kappa shape index (κ3) is 5.21. The Kier molecular flexibility index (Phi) is 7.79. The van der Waals surface area contributed by atoms with Gasteiger partial charge in [0.15, 0.2) is 0 Å². The maximum absolute atomic E-state index is 13.3. The second kappa shape index (κ2) is 11.0. The average Bonchev–Trinajstić information content (AvgIpc) is 3.48. The van der Waals surface area contributed by atoms with E-state index in [4.69, 9.17) is 4.74 Å². The van der Waals surface area contributed by atoms with Crippen LogP contribution in [0.1, 0.15) is 69.0 Å². The van der Waals surface area contributed by atoms with Crippen LogP contribution in [0, 0.1) is 0 Å². The fourth-order valence-electron chi connectivity index (χ4n) is 5.10. The largest absolute Gasteiger partial charge is 0.507 e. The molecule has 1 atom stereocenters. The molecule has 1 unspecified atom stereocenters. The Morgan fingerprint density at radius 1 is 1.00 bits per heavy atom. The minimum atomic E-state index is -0.615. The van der Waals surface area contributed by atoms with Gasteiger partial charge in [-0.05, 0) is 61.2 Å². The molecule has 1 amide bonds. The zero-order valence-electron chi connectivity index (χ0n) is 21.0. The van der Waals surface area contributed by atoms with E-state index in [-0.39, 0.29) is 17.4 Å². The van der Waals surface area contributed by atoms with Crippen molar-refractivity contribution in [2.24, 2.45) is 0 Å². The fraction of sp³-hybridized carbons (Fsp3) is 0.448. The lowest BCUT2D eigenvalue weighted by molar-refractivity contribution is -0.141. The Morgan fingerprint density at radius 2 is 1.66 bits per heavy atom. The summed E-state index contributed by atoms with van der Waals surface area (Å²) in [5.74, 6) is -0.546. The summed E-state index contributed by atoms with van der Waals surface area (Å²) in [7, 11) is 3.94. The van der Waals surface area contributed by atoms with Crippen LogP contribution in [0.5, 0.6) is 5.75 Å². The van der Waals surface area contributed by atoms with Crippen LogP contribution in [-0.2, 0) is 9.59 Å². The van der Waals surface area contributed by atoms with E-state index in [1.807, 2.05) is 43.3 Å². The molecular weight excluding hydrogens is 440 g/mol. The van der Waals surface area contributed by atoms with Crippen LogP contribution in [-0.4, -0.2) is 48.4 Å². The number of ketones is 1. The maximum atomic E-state index is 13.3. The van der Waals surface area contributed by atoms with Crippen LogP contribution in [0.3, 0.4) is 0 Å². The van der Waals surface area contributed by atoms with Gasteiger partial charge < -0.3 is 19.6 Å². The van der Waals surface area contributed by atoms with E-state index < -0.39 is 17.7 Å². The zero-order valence-corrected chi connectivity index (χ0v) is 21.0. The Bertz CT molecular complexity index is 1070. The molecule has 2 aromatic rings. The number of carbonyl (C=O) groups excluding carboxylic acids is 2. The molecule has 6 heteroatoms. The molecule has 186 valence electrons. The molecule has 1 saturated heterocycles. The number of Topliss-reactive ketones (excluding diaryl/α,β-unsaturated/α-hetero) is 1. The molecule has 1 aliphatic carbocycles. The number of anilines is 1. The molecule has 35 heavy (non-hydrogen) atoms. The number of ether oxygens (including phenoxy) is 1. The van der Waals surface area contributed by atoms with Gasteiger partial charge in [0.05, 0.1) is 18.2 Å². The molecule has 0 radical (unpaired) electrons. The Morgan fingerprint density at radius 3 is 2.26 bits per heavy atom. The summed E-state index contributed by atoms with van der Waals surface area (Å²) in [6.07, 6.45) is 7.09. The van der Waals surface area contributed by atoms with Gasteiger partial charge in [0.2, 0.25) is 0 Å². The standard InChI is InChI=1S/C29H36N2O4/c1-4-5-8-19-35-24-17-13-21(14-18-24)27(32)25-26(20-11-15-22(16-12-20)30(2)3)31(29(34)28(25)33)23-9-6-7-10-23/h11-18,23,26,32H,4-10,19H2,1-3H3/b27-25-. The van der Waals surface area contributed by atoms with Gasteiger partial charge in [0, 0.05) is 31.4 Å². The lowest BCUT2D eigenvalue weighted by Crippen LogP contribution is -2.37. The summed E-state index contributed by atoms with van der Waals surface area (Å²) in [6.45, 7) is 2.80. The minimum Gasteiger partial charge on any atom is -0.507 e. The predicted molar refractivity (Wildman–Crippen MR) is 139 cm³/mol. The van der Waals surface area contributed by atoms with E-state index in [1.165, 1.54) is 0 Å². The van der Waals surface area contributed by atoms with Gasteiger partial charge in [-0.2, -0.15) is 0 Å². The molecule has 4 rings (SSSR count). The number of benzene rings is 2. The van der Waals surface area contributed by atoms with Gasteiger partial charge in [0.1, 0.15) is 11.5 Å². The number of nitrogens with zero attached hydrogens (tertiary/aromatic N) is 2. The molecule has 2 fully saturated rings. The van der Waals surface area contributed by atoms with Crippen LogP contribution < -0.4 is 9.64 Å². The van der Waals surface area contributed by atoms with Crippen molar-refractivity contribution in [2.45, 2.75) is 64.0 Å². The molecule has 2 aliphatic rings. The average molecular weight is 477 g/mol. The van der Waals surface area contributed by atoms with Crippen molar-refractivity contribution in [1.82, 2.24) is 4.90 Å². The number of amides is 1. The molecule has 2 aromatic carbocycles. The minimum absolute atomic E-state index is 0.00849. The highest BCUT2D eigenvalue weighted by atomic mass is 16.5. The van der Waals surface area contributed by atoms with Crippen LogP contribution in [0.15, 0.2) is 54.1 Å². The van der Waals surface area contributed by atoms with Crippen molar-refractivity contribution in [2.75, 3.05) is 25.6 Å². The summed E-state index contributed by atoms with van der Waals surface area (Å²) < 4.78 is 5.78. The molecule has 1 saturated carbocycles. The number of carbonyl (C=O) groups is 2. The third-order valence-electron chi connectivity index (χ3n) is 7.07. The van der Waals surface area contributed by atoms with Crippen molar-refractivity contribution in [3.8, 4) is 5.75 Å². The fourth-order valence-corrected chi connectivity index (χ4v) is 5.10. The van der Waals surface area contributed by atoms with Crippen LogP contribution in [0.4, 0.5) is 5.69 Å². The second-order valence-corrected chi connectivity index (χ2v) is 9.71. The van der Waals surface area contributed by atoms with E-state index in [2.05, 4.69) is 6.92 Å². The smallest absolute Gasteiger partial charge is 0.295 e. The molecule has 0 aromatic heterocycles. The number of hydrogen-bond acceptors (Lipinski definition) is 5. The number of aliphatic hydroxyl groups excluding tert-OH is 1. The Balaban J connectivity index is 1.69. The monoisotopic (exact) mass is 476 g/mol. The van der Waals surface area contributed by atoms with Gasteiger partial charge in [-0.25, -0.2) is 0 Å². The van der Waals surface area contributed by atoms with Crippen molar-refractivity contribution < 1.29 is 19.4 Å². The van der Waals surface area contributed by atoms with Gasteiger partial charge in [-0.15, -0.1) is 0 Å². The number of rotatable bonds is 9. The van der Waals surface area contributed by atoms with Gasteiger partial charge in [0.25, 0.3) is 11.7 Å². The van der Waals surface area contributed by atoms with E-state index >= 15 is 0 Å². The number of unbranched alkanes of at least 4 members (excludes halogenated alkanes) is 2. The highest BCUT2D eigenvalue weighted by Crippen LogP contribution is 2.43. The van der Waals surface area contributed by atoms with Crippen molar-refractivity contribution >= 4 is 23.1 Å². The quantitative estimate of drug-likeness (QED) is 0.218. The lowest BCUT2D eigenvalue weighted by Gasteiger charge is -2.31. The van der Waals surface area contributed by atoms with Gasteiger partial charge in [-0.3, -0.25) is 9.59 Å². The molecule has 1 N–H and O–H groups in total. The zero-order chi connectivity index (χ0) is 24.9. The summed E-state index contributed by atoms with van der Waals surface area (Å²) >= 11 is 0. The van der Waals surface area contributed by atoms with Crippen LogP contribution in [0.2, 0.25) is 0 Å². The summed E-state index contributed by atoms with van der Waals surface area (Å²) in [6, 6.07) is 14.4. The first-order chi connectivity index (χ1) is 16.9. The predicted octanol–water partition coefficient (Wildman–Crippen LogP) is 5.69. The molecule has 6 nitrogen and oxygen atoms in total. The van der Waals surface area contributed by atoms with Crippen LogP contribution in [0.25, 0.3) is 5.76 Å². The first-order valence-corrected chi connectivity index (χ1v) is 12.7. The second-order valence-electron chi connectivity index (χ2n) is 9.71. The first-order valence-electron chi connectivity index (χ1n) is 12.7. The topological polar surface area (TPSA) is 70.1 Å². The van der Waals surface area contributed by atoms with Crippen LogP contribution >= 0.6 is 0 Å². The first kappa shape index (κ1) is 24.8. The highest BCUT2D eigenvalue weighted by molar-refractivity contribution is 6.46. The summed E-state index contributed by atoms with van der Waals surface area (Å²) in [5, 5.41) is 11.3. The van der Waals surface area contributed by atoms with E-state index in [0.29, 0.717) is 12.2 Å². The highest BCUT2D eigenvalue weighted by Gasteiger charge is 2.49. The number of hydrogen-bond donors (Lipinski definition) is 1. The SMILES string of the molecule is CCCCCOc1ccc(/C(O)=C2/C(=O)C(=O)N(C3CCCC3)C2c2ccc(N(C)C)cc2)cc1. The molecule has 0 bridgehead atoms. The molecular formula is C29H36N2O4. The summed E-state index contributed by atoms with van der Waals surface area (Å²) in [5.41, 5.74) is 2.53. The molecule has 1 heterocycles. The third-order valence-corrected chi connectivity index (χ3v) is 7.07. The number of aliphatic hydroxyl groups is 1. The van der Waals surface area contributed by atoms with E-state index in [9.17, 15) is 14.7 Å². The molecule has 1 aliphatic heterocycles. The normalized spacial score (nSPS) is 20.0. The van der Waals surface area contributed by atoms with E-state index in [1.54, 1.807) is 29.2 Å². The van der Waals surface area contributed by atoms with Crippen molar-refractivity contribution in [1.29, 1.82) is 0 Å². The maximum Gasteiger partial charge on any atom is 0.295 e. The Hall–Kier alpha value is -3.28. The lowest BCUT2D eigenvalue weighted by atomic mass is 9.94. The van der Waals surface area contributed by atoms with Gasteiger partial charge in [-0.1, -0.05) is 44.7 Å². The van der Waals surface area contributed by atoms with Gasteiger partial charge >= 0.3 is 0 Å². The van der Waals surface area contributed by atoms with Crippen molar-refractivity contribution in [3.63, 3.8) is 0 Å².